The van der Waals surface area contributed by atoms with Crippen molar-refractivity contribution in [3.8, 4) is 17.1 Å². The van der Waals surface area contributed by atoms with Crippen LogP contribution in [0.3, 0.4) is 0 Å². The van der Waals surface area contributed by atoms with Crippen molar-refractivity contribution in [2.24, 2.45) is 5.14 Å². The maximum absolute atomic E-state index is 11.3. The maximum atomic E-state index is 11.3. The molecule has 0 radical (unpaired) electrons. The van der Waals surface area contributed by atoms with Crippen molar-refractivity contribution in [3.63, 3.8) is 0 Å². The first-order valence-electron chi connectivity index (χ1n) is 9.60. The van der Waals surface area contributed by atoms with Crippen LogP contribution in [0.2, 0.25) is 0 Å². The minimum absolute atomic E-state index is 0.218. The first kappa shape index (κ1) is 20.2. The Balaban J connectivity index is 1.54. The highest BCUT2D eigenvalue weighted by Gasteiger charge is 2.40. The maximum Gasteiger partial charge on any atom is 0.213 e. The fourth-order valence-corrected chi connectivity index (χ4v) is 4.27. The highest BCUT2D eigenvalue weighted by atomic mass is 32.2. The molecule has 8 nitrogen and oxygen atoms in total. The van der Waals surface area contributed by atoms with E-state index in [1.165, 1.54) is 0 Å². The number of sulfonamides is 1. The summed E-state index contributed by atoms with van der Waals surface area (Å²) in [7, 11) is -1.99. The molecule has 0 bridgehead atoms. The van der Waals surface area contributed by atoms with Crippen molar-refractivity contribution in [1.82, 2.24) is 15.2 Å². The van der Waals surface area contributed by atoms with E-state index in [1.54, 1.807) is 25.3 Å². The molecule has 1 fully saturated rings. The Morgan fingerprint density at radius 1 is 1.10 bits per heavy atom. The normalized spacial score (nSPS) is 15.3. The Morgan fingerprint density at radius 3 is 2.53 bits per heavy atom. The van der Waals surface area contributed by atoms with Gasteiger partial charge in [0.1, 0.15) is 5.82 Å². The molecular weight excluding hydrogens is 402 g/mol. The number of benzene rings is 1. The van der Waals surface area contributed by atoms with Crippen LogP contribution in [0.15, 0.2) is 54.6 Å². The van der Waals surface area contributed by atoms with Crippen LogP contribution >= 0.6 is 0 Å². The smallest absolute Gasteiger partial charge is 0.213 e. The van der Waals surface area contributed by atoms with Crippen LogP contribution < -0.4 is 15.2 Å². The van der Waals surface area contributed by atoms with E-state index in [0.717, 1.165) is 30.5 Å². The van der Waals surface area contributed by atoms with Crippen LogP contribution in [0, 0.1) is 0 Å². The average molecular weight is 426 g/mol. The zero-order chi connectivity index (χ0) is 21.2. The highest BCUT2D eigenvalue weighted by molar-refractivity contribution is 7.88. The summed E-state index contributed by atoms with van der Waals surface area (Å²) in [6.45, 7) is 0. The topological polar surface area (TPSA) is 120 Å². The Hall–Kier alpha value is -3.04. The van der Waals surface area contributed by atoms with Gasteiger partial charge in [-0.15, -0.1) is 10.2 Å². The summed E-state index contributed by atoms with van der Waals surface area (Å²) >= 11 is 0. The van der Waals surface area contributed by atoms with Gasteiger partial charge in [0.05, 0.1) is 29.8 Å². The van der Waals surface area contributed by atoms with Gasteiger partial charge in [0.25, 0.3) is 0 Å². The van der Waals surface area contributed by atoms with Gasteiger partial charge in [0, 0.05) is 11.6 Å². The third kappa shape index (κ3) is 4.42. The van der Waals surface area contributed by atoms with E-state index < -0.39 is 10.0 Å². The molecule has 3 aromatic rings. The van der Waals surface area contributed by atoms with Crippen LogP contribution in [0.1, 0.15) is 30.5 Å². The summed E-state index contributed by atoms with van der Waals surface area (Å²) < 4.78 is 28.0. The zero-order valence-corrected chi connectivity index (χ0v) is 17.4. The Labute approximate surface area is 175 Å². The SMILES string of the molecule is COc1cccc(C2(Nc3ccc(-c4cccc(CS(N)(=O)=O)c4)nn3)CCC2)n1. The molecule has 1 aromatic carbocycles. The van der Waals surface area contributed by atoms with Gasteiger partial charge in [-0.3, -0.25) is 0 Å². The van der Waals surface area contributed by atoms with Gasteiger partial charge in [-0.2, -0.15) is 0 Å². The molecule has 0 saturated heterocycles. The van der Waals surface area contributed by atoms with Gasteiger partial charge in [0.15, 0.2) is 0 Å². The third-order valence-corrected chi connectivity index (χ3v) is 5.99. The predicted molar refractivity (Wildman–Crippen MR) is 114 cm³/mol. The number of methoxy groups -OCH3 is 1. The number of aromatic nitrogens is 3. The van der Waals surface area contributed by atoms with Crippen LogP contribution in [0.5, 0.6) is 5.88 Å². The number of nitrogens with one attached hydrogen (secondary N) is 1. The van der Waals surface area contributed by atoms with Gasteiger partial charge < -0.3 is 10.1 Å². The molecule has 0 aliphatic heterocycles. The summed E-state index contributed by atoms with van der Waals surface area (Å²) in [5.74, 6) is 1.02. The predicted octanol–water partition coefficient (Wildman–Crippen LogP) is 2.83. The molecule has 2 aromatic heterocycles. The van der Waals surface area contributed by atoms with Gasteiger partial charge in [-0.25, -0.2) is 18.5 Å². The van der Waals surface area contributed by atoms with Crippen molar-refractivity contribution in [1.29, 1.82) is 0 Å². The molecule has 1 aliphatic carbocycles. The number of nitrogens with zero attached hydrogens (tertiary/aromatic N) is 3. The van der Waals surface area contributed by atoms with Crippen LogP contribution in [0.25, 0.3) is 11.3 Å². The Morgan fingerprint density at radius 2 is 1.90 bits per heavy atom. The molecule has 0 amide bonds. The molecule has 1 aliphatic rings. The second kappa shape index (κ2) is 8.00. The Bertz CT molecular complexity index is 1150. The van der Waals surface area contributed by atoms with E-state index in [-0.39, 0.29) is 11.3 Å². The first-order valence-corrected chi connectivity index (χ1v) is 11.3. The van der Waals surface area contributed by atoms with Crippen molar-refractivity contribution in [2.75, 3.05) is 12.4 Å². The number of anilines is 1. The van der Waals surface area contributed by atoms with Crippen molar-refractivity contribution < 1.29 is 13.2 Å². The highest BCUT2D eigenvalue weighted by Crippen LogP contribution is 2.43. The minimum Gasteiger partial charge on any atom is -0.481 e. The van der Waals surface area contributed by atoms with Crippen LogP contribution in [0.4, 0.5) is 5.82 Å². The van der Waals surface area contributed by atoms with Crippen LogP contribution in [-0.2, 0) is 21.3 Å². The van der Waals surface area contributed by atoms with E-state index in [1.807, 2.05) is 36.4 Å². The van der Waals surface area contributed by atoms with E-state index in [4.69, 9.17) is 9.88 Å². The number of nitrogens with two attached hydrogens (primary N) is 1. The first-order chi connectivity index (χ1) is 14.4. The van der Waals surface area contributed by atoms with Crippen molar-refractivity contribution >= 4 is 15.8 Å². The molecule has 0 atom stereocenters. The van der Waals surface area contributed by atoms with Gasteiger partial charge in [0.2, 0.25) is 15.9 Å². The molecule has 0 spiro atoms. The standard InChI is InChI=1S/C21H23N5O3S/c1-29-20-8-3-7-18(23-20)21(11-4-12-21)24-19-10-9-17(25-26-19)16-6-2-5-15(13-16)14-30(22,27)28/h2-3,5-10,13H,4,11-12,14H2,1H3,(H,24,26)(H2,22,27,28). The lowest BCUT2D eigenvalue weighted by Gasteiger charge is -2.42. The van der Waals surface area contributed by atoms with E-state index in [2.05, 4.69) is 20.5 Å². The van der Waals surface area contributed by atoms with E-state index >= 15 is 0 Å². The monoisotopic (exact) mass is 425 g/mol. The fourth-order valence-electron chi connectivity index (χ4n) is 3.62. The van der Waals surface area contributed by atoms with Crippen molar-refractivity contribution in [2.45, 2.75) is 30.6 Å². The van der Waals surface area contributed by atoms with E-state index in [0.29, 0.717) is 23.0 Å². The molecule has 3 N–H and O–H groups in total. The van der Waals surface area contributed by atoms with Gasteiger partial charge in [-0.05, 0) is 49.1 Å². The Kier molecular flexibility index (Phi) is 5.40. The quantitative estimate of drug-likeness (QED) is 0.597. The summed E-state index contributed by atoms with van der Waals surface area (Å²) in [6.07, 6.45) is 3.01. The second-order valence-corrected chi connectivity index (χ2v) is 9.05. The molecule has 0 unspecified atom stereocenters. The minimum atomic E-state index is -3.59. The van der Waals surface area contributed by atoms with Gasteiger partial charge in [-0.1, -0.05) is 24.3 Å². The summed E-state index contributed by atoms with van der Waals surface area (Å²) in [5.41, 5.74) is 2.69. The number of primary sulfonamides is 1. The summed E-state index contributed by atoms with van der Waals surface area (Å²) in [6, 6.07) is 16.6. The molecule has 156 valence electrons. The largest absolute Gasteiger partial charge is 0.481 e. The van der Waals surface area contributed by atoms with E-state index in [9.17, 15) is 8.42 Å². The third-order valence-electron chi connectivity index (χ3n) is 5.25. The summed E-state index contributed by atoms with van der Waals surface area (Å²) in [4.78, 5) is 4.59. The lowest BCUT2D eigenvalue weighted by Crippen LogP contribution is -2.43. The number of hydrogen-bond donors (Lipinski definition) is 2. The average Bonchev–Trinajstić information content (AvgIpc) is 2.70. The molecule has 4 rings (SSSR count). The second-order valence-electron chi connectivity index (χ2n) is 7.44. The summed E-state index contributed by atoms with van der Waals surface area (Å²) in [5, 5.41) is 17.3. The number of ether oxygens (including phenoxy) is 1. The molecule has 9 heteroatoms. The number of pyridine rings is 1. The molecule has 1 saturated carbocycles. The van der Waals surface area contributed by atoms with Crippen LogP contribution in [-0.4, -0.2) is 30.7 Å². The van der Waals surface area contributed by atoms with Crippen molar-refractivity contribution in [3.05, 3.63) is 65.9 Å². The molecule has 2 heterocycles. The lowest BCUT2D eigenvalue weighted by molar-refractivity contribution is 0.272. The lowest BCUT2D eigenvalue weighted by atomic mass is 9.74. The number of rotatable bonds is 7. The molecule has 30 heavy (non-hydrogen) atoms. The fraction of sp³-hybridized carbons (Fsp3) is 0.286. The molecular formula is C21H23N5O3S. The number of hydrogen-bond acceptors (Lipinski definition) is 7. The zero-order valence-electron chi connectivity index (χ0n) is 16.6. The van der Waals surface area contributed by atoms with Gasteiger partial charge >= 0.3 is 0 Å².